The van der Waals surface area contributed by atoms with Gasteiger partial charge >= 0.3 is 5.97 Å². The van der Waals surface area contributed by atoms with Gasteiger partial charge in [-0.3, -0.25) is 9.74 Å². The molecule has 3 aromatic rings. The van der Waals surface area contributed by atoms with Gasteiger partial charge in [0.05, 0.1) is 18.6 Å². The summed E-state index contributed by atoms with van der Waals surface area (Å²) in [5.74, 6) is 0.565. The van der Waals surface area contributed by atoms with Gasteiger partial charge < -0.3 is 24.1 Å². The molecule has 2 atom stereocenters. The van der Waals surface area contributed by atoms with Crippen LogP contribution < -0.4 is 10.1 Å². The van der Waals surface area contributed by atoms with Gasteiger partial charge in [-0.05, 0) is 62.2 Å². The molecule has 0 saturated carbocycles. The summed E-state index contributed by atoms with van der Waals surface area (Å²) in [6.45, 7) is 9.00. The van der Waals surface area contributed by atoms with Crippen LogP contribution in [-0.4, -0.2) is 50.2 Å². The quantitative estimate of drug-likeness (QED) is 0.281. The van der Waals surface area contributed by atoms with E-state index in [0.29, 0.717) is 12.2 Å². The van der Waals surface area contributed by atoms with Gasteiger partial charge in [0.15, 0.2) is 0 Å². The Hall–Kier alpha value is -3.59. The van der Waals surface area contributed by atoms with Gasteiger partial charge in [-0.1, -0.05) is 13.8 Å². The molecule has 0 saturated heterocycles. The number of carbonyl (C=O) groups excluding carboxylic acids is 2. The number of aryl methyl sites for hydroxylation is 1. The van der Waals surface area contributed by atoms with Crippen LogP contribution in [0.4, 0.5) is 10.2 Å². The van der Waals surface area contributed by atoms with E-state index in [4.69, 9.17) is 13.9 Å². The first-order valence-electron chi connectivity index (χ1n) is 12.8. The van der Waals surface area contributed by atoms with Gasteiger partial charge in [0.1, 0.15) is 17.1 Å². The molecule has 1 N–H and O–H groups in total. The standard InChI is InChI=1S/C29H37FN2O6/c1-18(2)27(31-22-9-7-21(8-10-22)29(34)32(5)15-13-26(33)38-30)28-20(4)24-17-23(11-12-25(24)37-28)36-19(3)14-16-35-6/h7-12,17-19,27,31H,13-16H2,1-6H3. The van der Waals surface area contributed by atoms with Crippen LogP contribution >= 0.6 is 0 Å². The monoisotopic (exact) mass is 528 g/mol. The molecule has 0 aliphatic rings. The van der Waals surface area contributed by atoms with Crippen LogP contribution in [0, 0.1) is 12.8 Å². The van der Waals surface area contributed by atoms with Crippen LogP contribution in [0.5, 0.6) is 5.75 Å². The van der Waals surface area contributed by atoms with Crippen molar-refractivity contribution in [2.24, 2.45) is 5.92 Å². The molecule has 38 heavy (non-hydrogen) atoms. The number of furan rings is 1. The number of methoxy groups -OCH3 is 1. The summed E-state index contributed by atoms with van der Waals surface area (Å²) in [6, 6.07) is 12.9. The summed E-state index contributed by atoms with van der Waals surface area (Å²) >= 11 is 0. The molecule has 9 heteroatoms. The first kappa shape index (κ1) is 29.0. The highest BCUT2D eigenvalue weighted by Gasteiger charge is 2.24. The molecule has 206 valence electrons. The predicted molar refractivity (Wildman–Crippen MR) is 144 cm³/mol. The molecule has 1 heterocycles. The minimum atomic E-state index is -1.01. The SMILES string of the molecule is COCCC(C)Oc1ccc2oc(C(Nc3ccc(C(=O)N(C)CCC(=O)OF)cc3)C(C)C)c(C)c2c1. The number of hydrogen-bond donors (Lipinski definition) is 1. The lowest BCUT2D eigenvalue weighted by atomic mass is 9.97. The van der Waals surface area contributed by atoms with Gasteiger partial charge in [0.2, 0.25) is 0 Å². The summed E-state index contributed by atoms with van der Waals surface area (Å²) in [5.41, 5.74) is 3.13. The maximum absolute atomic E-state index is 12.6. The third kappa shape index (κ3) is 7.25. The van der Waals surface area contributed by atoms with Crippen molar-refractivity contribution >= 4 is 28.5 Å². The molecule has 0 aliphatic carbocycles. The van der Waals surface area contributed by atoms with Crippen LogP contribution in [0.2, 0.25) is 0 Å². The predicted octanol–water partition coefficient (Wildman–Crippen LogP) is 6.24. The summed E-state index contributed by atoms with van der Waals surface area (Å²) in [5, 5.41) is 4.55. The van der Waals surface area contributed by atoms with Crippen molar-refractivity contribution in [2.75, 3.05) is 32.6 Å². The Morgan fingerprint density at radius 2 is 1.82 bits per heavy atom. The van der Waals surface area contributed by atoms with Gasteiger partial charge in [-0.2, -0.15) is 0 Å². The van der Waals surface area contributed by atoms with Crippen LogP contribution in [-0.2, 0) is 14.5 Å². The molecule has 0 radical (unpaired) electrons. The normalized spacial score (nSPS) is 12.8. The van der Waals surface area contributed by atoms with E-state index in [0.717, 1.165) is 40.2 Å². The molecule has 0 bridgehead atoms. The Morgan fingerprint density at radius 3 is 2.45 bits per heavy atom. The minimum absolute atomic E-state index is 0.0328. The Labute approximate surface area is 222 Å². The second-order valence-electron chi connectivity index (χ2n) is 9.83. The smallest absolute Gasteiger partial charge is 0.350 e. The van der Waals surface area contributed by atoms with Gasteiger partial charge in [-0.15, -0.1) is 0 Å². The average Bonchev–Trinajstić information content (AvgIpc) is 3.23. The molecule has 8 nitrogen and oxygen atoms in total. The second-order valence-corrected chi connectivity index (χ2v) is 9.83. The highest BCUT2D eigenvalue weighted by Crippen LogP contribution is 2.36. The first-order chi connectivity index (χ1) is 18.1. The molecule has 2 aromatic carbocycles. The van der Waals surface area contributed by atoms with Crippen molar-refractivity contribution in [1.29, 1.82) is 0 Å². The molecule has 0 aliphatic heterocycles. The number of hydrogen-bond acceptors (Lipinski definition) is 7. The number of ether oxygens (including phenoxy) is 2. The number of anilines is 1. The number of nitrogens with one attached hydrogen (secondary N) is 1. The van der Waals surface area contributed by atoms with Crippen molar-refractivity contribution in [3.8, 4) is 5.75 Å². The Kier molecular flexibility index (Phi) is 10.1. The Morgan fingerprint density at radius 1 is 1.11 bits per heavy atom. The van der Waals surface area contributed by atoms with E-state index in [1.54, 1.807) is 26.3 Å². The van der Waals surface area contributed by atoms with E-state index in [9.17, 15) is 14.1 Å². The average molecular weight is 529 g/mol. The number of benzene rings is 2. The number of amides is 1. The molecule has 2 unspecified atom stereocenters. The maximum atomic E-state index is 12.6. The molecule has 1 amide bonds. The molecule has 3 rings (SSSR count). The van der Waals surface area contributed by atoms with Crippen molar-refractivity contribution in [1.82, 2.24) is 4.90 Å². The van der Waals surface area contributed by atoms with Crippen LogP contribution in [0.3, 0.4) is 0 Å². The minimum Gasteiger partial charge on any atom is -0.491 e. The molecular formula is C29H37FN2O6. The van der Waals surface area contributed by atoms with Gasteiger partial charge in [0.25, 0.3) is 5.91 Å². The summed E-state index contributed by atoms with van der Waals surface area (Å²) in [4.78, 5) is 28.1. The van der Waals surface area contributed by atoms with E-state index >= 15 is 0 Å². The lowest BCUT2D eigenvalue weighted by Gasteiger charge is -2.23. The van der Waals surface area contributed by atoms with Crippen LogP contribution in [0.1, 0.15) is 61.3 Å². The molecule has 0 fully saturated rings. The highest BCUT2D eigenvalue weighted by atomic mass is 19.3. The van der Waals surface area contributed by atoms with E-state index in [1.165, 1.54) is 4.90 Å². The zero-order valence-corrected chi connectivity index (χ0v) is 22.9. The van der Waals surface area contributed by atoms with Crippen molar-refractivity contribution < 1.29 is 32.9 Å². The molecular weight excluding hydrogens is 491 g/mol. The fraction of sp³-hybridized carbons (Fsp3) is 0.448. The number of rotatable bonds is 13. The number of fused-ring (bicyclic) bond motifs is 1. The third-order valence-corrected chi connectivity index (χ3v) is 6.50. The summed E-state index contributed by atoms with van der Waals surface area (Å²) < 4.78 is 29.4. The molecule has 1 aromatic heterocycles. The largest absolute Gasteiger partial charge is 0.491 e. The Balaban J connectivity index is 1.75. The van der Waals surface area contributed by atoms with Gasteiger partial charge in [0, 0.05) is 60.5 Å². The van der Waals surface area contributed by atoms with E-state index < -0.39 is 5.97 Å². The third-order valence-electron chi connectivity index (χ3n) is 6.50. The molecule has 0 spiro atoms. The number of carbonyl (C=O) groups is 2. The topological polar surface area (TPSA) is 90.2 Å². The van der Waals surface area contributed by atoms with E-state index in [2.05, 4.69) is 24.1 Å². The van der Waals surface area contributed by atoms with Crippen LogP contribution in [0.25, 0.3) is 11.0 Å². The fourth-order valence-electron chi connectivity index (χ4n) is 4.21. The fourth-order valence-corrected chi connectivity index (χ4v) is 4.21. The van der Waals surface area contributed by atoms with Crippen LogP contribution in [0.15, 0.2) is 46.9 Å². The first-order valence-corrected chi connectivity index (χ1v) is 12.8. The van der Waals surface area contributed by atoms with Crippen molar-refractivity contribution in [2.45, 2.75) is 52.7 Å². The van der Waals surface area contributed by atoms with E-state index in [-0.39, 0.29) is 36.9 Å². The Bertz CT molecular complexity index is 1220. The lowest BCUT2D eigenvalue weighted by Crippen LogP contribution is -2.29. The van der Waals surface area contributed by atoms with E-state index in [1.807, 2.05) is 44.2 Å². The maximum Gasteiger partial charge on any atom is 0.350 e. The summed E-state index contributed by atoms with van der Waals surface area (Å²) in [7, 11) is 3.23. The summed E-state index contributed by atoms with van der Waals surface area (Å²) in [6.07, 6.45) is 0.620. The number of halogens is 1. The zero-order chi connectivity index (χ0) is 27.8. The lowest BCUT2D eigenvalue weighted by molar-refractivity contribution is -0.183. The number of nitrogens with zero attached hydrogens (tertiary/aromatic N) is 1. The highest BCUT2D eigenvalue weighted by molar-refractivity contribution is 5.94. The van der Waals surface area contributed by atoms with Crippen molar-refractivity contribution in [3.63, 3.8) is 0 Å². The second kappa shape index (κ2) is 13.3. The van der Waals surface area contributed by atoms with Gasteiger partial charge in [-0.25, -0.2) is 4.79 Å². The van der Waals surface area contributed by atoms with Crippen molar-refractivity contribution in [3.05, 3.63) is 59.4 Å². The zero-order valence-electron chi connectivity index (χ0n) is 22.9.